The Morgan fingerprint density at radius 2 is 2.00 bits per heavy atom. The molecule has 0 aliphatic rings. The van der Waals surface area contributed by atoms with Gasteiger partial charge in [0, 0.05) is 20.7 Å². The molecule has 0 aliphatic heterocycles. The minimum Gasteiger partial charge on any atom is -0.478 e. The van der Waals surface area contributed by atoms with Crippen LogP contribution in [0.5, 0.6) is 0 Å². The fraction of sp³-hybridized carbons (Fsp3) is 0.100. The van der Waals surface area contributed by atoms with Gasteiger partial charge in [-0.3, -0.25) is 0 Å². The van der Waals surface area contributed by atoms with Crippen molar-refractivity contribution in [2.24, 2.45) is 0 Å². The summed E-state index contributed by atoms with van der Waals surface area (Å²) in [6.45, 7) is 3.46. The van der Waals surface area contributed by atoms with E-state index in [4.69, 9.17) is 5.11 Å². The Morgan fingerprint density at radius 1 is 1.43 bits per heavy atom. The standard InChI is InChI=1S/C10H9BrO2S/c1-7(10(12)13)6-14-9-4-2-8(11)3-5-9/h2-5H,1,6H2,(H,12,13). The third-order valence-corrected chi connectivity index (χ3v) is 3.16. The summed E-state index contributed by atoms with van der Waals surface area (Å²) in [6, 6.07) is 7.71. The maximum Gasteiger partial charge on any atom is 0.331 e. The quantitative estimate of drug-likeness (QED) is 0.676. The lowest BCUT2D eigenvalue weighted by Gasteiger charge is -2.01. The number of halogens is 1. The van der Waals surface area contributed by atoms with E-state index in [0.29, 0.717) is 5.75 Å². The monoisotopic (exact) mass is 272 g/mol. The Morgan fingerprint density at radius 3 is 2.50 bits per heavy atom. The number of aliphatic carboxylic acids is 1. The molecule has 1 rings (SSSR count). The van der Waals surface area contributed by atoms with Crippen LogP contribution in [0.1, 0.15) is 0 Å². The molecule has 0 atom stereocenters. The molecule has 0 saturated heterocycles. The number of rotatable bonds is 4. The summed E-state index contributed by atoms with van der Waals surface area (Å²) in [4.78, 5) is 11.5. The predicted octanol–water partition coefficient (Wildman–Crippen LogP) is 3.18. The van der Waals surface area contributed by atoms with Crippen molar-refractivity contribution in [1.29, 1.82) is 0 Å². The van der Waals surface area contributed by atoms with E-state index < -0.39 is 5.97 Å². The van der Waals surface area contributed by atoms with E-state index in [1.165, 1.54) is 11.8 Å². The molecule has 0 radical (unpaired) electrons. The zero-order chi connectivity index (χ0) is 10.6. The number of hydrogen-bond donors (Lipinski definition) is 1. The van der Waals surface area contributed by atoms with Crippen LogP contribution in [0.2, 0.25) is 0 Å². The van der Waals surface area contributed by atoms with Crippen LogP contribution in [0.4, 0.5) is 0 Å². The normalized spacial score (nSPS) is 9.79. The highest BCUT2D eigenvalue weighted by Crippen LogP contribution is 2.22. The second kappa shape index (κ2) is 5.22. The Bertz CT molecular complexity index is 346. The maximum absolute atomic E-state index is 10.5. The van der Waals surface area contributed by atoms with Crippen molar-refractivity contribution in [3.05, 3.63) is 40.9 Å². The van der Waals surface area contributed by atoms with Crippen LogP contribution in [-0.4, -0.2) is 16.8 Å². The Balaban J connectivity index is 2.50. The Labute approximate surface area is 95.1 Å². The summed E-state index contributed by atoms with van der Waals surface area (Å²) in [6.07, 6.45) is 0. The molecule has 1 N–H and O–H groups in total. The number of benzene rings is 1. The van der Waals surface area contributed by atoms with E-state index in [-0.39, 0.29) is 5.57 Å². The number of hydrogen-bond acceptors (Lipinski definition) is 2. The van der Waals surface area contributed by atoms with Gasteiger partial charge in [0.15, 0.2) is 0 Å². The molecule has 74 valence electrons. The second-order valence-corrected chi connectivity index (χ2v) is 4.62. The van der Waals surface area contributed by atoms with Crippen molar-refractivity contribution in [2.75, 3.05) is 5.75 Å². The zero-order valence-electron chi connectivity index (χ0n) is 7.37. The minimum absolute atomic E-state index is 0.220. The van der Waals surface area contributed by atoms with E-state index in [2.05, 4.69) is 22.5 Å². The summed E-state index contributed by atoms with van der Waals surface area (Å²) in [5.41, 5.74) is 0.220. The fourth-order valence-corrected chi connectivity index (χ4v) is 1.82. The molecule has 4 heteroatoms. The number of carboxylic acid groups (broad SMARTS) is 1. The van der Waals surface area contributed by atoms with E-state index >= 15 is 0 Å². The average Bonchev–Trinajstić information content (AvgIpc) is 2.16. The Hall–Kier alpha value is -0.740. The van der Waals surface area contributed by atoms with Gasteiger partial charge < -0.3 is 5.11 Å². The molecule has 0 spiro atoms. The maximum atomic E-state index is 10.5. The molecule has 0 fully saturated rings. The van der Waals surface area contributed by atoms with E-state index in [9.17, 15) is 4.79 Å². The lowest BCUT2D eigenvalue weighted by molar-refractivity contribution is -0.132. The topological polar surface area (TPSA) is 37.3 Å². The third-order valence-electron chi connectivity index (χ3n) is 1.53. The first kappa shape index (κ1) is 11.3. The first-order valence-corrected chi connectivity index (χ1v) is 5.67. The van der Waals surface area contributed by atoms with Gasteiger partial charge in [0.1, 0.15) is 0 Å². The van der Waals surface area contributed by atoms with Crippen molar-refractivity contribution in [3.8, 4) is 0 Å². The van der Waals surface area contributed by atoms with Crippen molar-refractivity contribution in [3.63, 3.8) is 0 Å². The molecule has 0 heterocycles. The molecular formula is C10H9BrO2S. The smallest absolute Gasteiger partial charge is 0.331 e. The van der Waals surface area contributed by atoms with E-state index in [1.807, 2.05) is 24.3 Å². The highest BCUT2D eigenvalue weighted by Gasteiger charge is 2.04. The van der Waals surface area contributed by atoms with Crippen molar-refractivity contribution >= 4 is 33.7 Å². The highest BCUT2D eigenvalue weighted by atomic mass is 79.9. The molecule has 2 nitrogen and oxygen atoms in total. The molecule has 1 aromatic carbocycles. The second-order valence-electron chi connectivity index (χ2n) is 2.65. The first-order valence-electron chi connectivity index (χ1n) is 3.89. The van der Waals surface area contributed by atoms with Crippen molar-refractivity contribution in [2.45, 2.75) is 4.90 Å². The number of carboxylic acids is 1. The SMILES string of the molecule is C=C(CSc1ccc(Br)cc1)C(=O)O. The van der Waals surface area contributed by atoms with Crippen LogP contribution in [0.25, 0.3) is 0 Å². The molecule has 0 unspecified atom stereocenters. The average molecular weight is 273 g/mol. The van der Waals surface area contributed by atoms with Gasteiger partial charge in [-0.15, -0.1) is 11.8 Å². The van der Waals surface area contributed by atoms with Gasteiger partial charge in [0.25, 0.3) is 0 Å². The van der Waals surface area contributed by atoms with Gasteiger partial charge >= 0.3 is 5.97 Å². The molecule has 0 aromatic heterocycles. The summed E-state index contributed by atoms with van der Waals surface area (Å²) < 4.78 is 1.01. The van der Waals surface area contributed by atoms with Crippen molar-refractivity contribution in [1.82, 2.24) is 0 Å². The lowest BCUT2D eigenvalue weighted by atomic mass is 10.4. The summed E-state index contributed by atoms with van der Waals surface area (Å²) in [5.74, 6) is -0.522. The summed E-state index contributed by atoms with van der Waals surface area (Å²) in [7, 11) is 0. The molecule has 0 bridgehead atoms. The van der Waals surface area contributed by atoms with Gasteiger partial charge in [0.2, 0.25) is 0 Å². The van der Waals surface area contributed by atoms with Gasteiger partial charge in [-0.05, 0) is 24.3 Å². The lowest BCUT2D eigenvalue weighted by Crippen LogP contribution is -2.00. The molecule has 0 amide bonds. The highest BCUT2D eigenvalue weighted by molar-refractivity contribution is 9.10. The van der Waals surface area contributed by atoms with E-state index in [1.54, 1.807) is 0 Å². The Kier molecular flexibility index (Phi) is 4.22. The summed E-state index contributed by atoms with van der Waals surface area (Å²) >= 11 is 4.79. The number of carbonyl (C=O) groups is 1. The molecule has 1 aromatic rings. The largest absolute Gasteiger partial charge is 0.478 e. The van der Waals surface area contributed by atoms with Crippen LogP contribution >= 0.6 is 27.7 Å². The van der Waals surface area contributed by atoms with Crippen molar-refractivity contribution < 1.29 is 9.90 Å². The van der Waals surface area contributed by atoms with Crippen LogP contribution in [0.3, 0.4) is 0 Å². The first-order chi connectivity index (χ1) is 6.59. The predicted molar refractivity (Wildman–Crippen MR) is 61.6 cm³/mol. The molecule has 0 aliphatic carbocycles. The molecule has 0 saturated carbocycles. The summed E-state index contributed by atoms with van der Waals surface area (Å²) in [5, 5.41) is 8.58. The molecule has 14 heavy (non-hydrogen) atoms. The van der Waals surface area contributed by atoms with Crippen LogP contribution in [0, 0.1) is 0 Å². The third kappa shape index (κ3) is 3.55. The fourth-order valence-electron chi connectivity index (χ4n) is 0.763. The molecular weight excluding hydrogens is 264 g/mol. The van der Waals surface area contributed by atoms with Gasteiger partial charge in [-0.25, -0.2) is 4.79 Å². The van der Waals surface area contributed by atoms with Gasteiger partial charge in [-0.2, -0.15) is 0 Å². The van der Waals surface area contributed by atoms with Crippen LogP contribution in [-0.2, 0) is 4.79 Å². The zero-order valence-corrected chi connectivity index (χ0v) is 9.77. The van der Waals surface area contributed by atoms with Gasteiger partial charge in [-0.1, -0.05) is 22.5 Å². The van der Waals surface area contributed by atoms with Crippen LogP contribution in [0.15, 0.2) is 45.8 Å². The number of thioether (sulfide) groups is 1. The minimum atomic E-state index is -0.936. The van der Waals surface area contributed by atoms with Crippen LogP contribution < -0.4 is 0 Å². The van der Waals surface area contributed by atoms with E-state index in [0.717, 1.165) is 9.37 Å². The van der Waals surface area contributed by atoms with Gasteiger partial charge in [0.05, 0.1) is 0 Å².